The molecule has 0 aromatic rings. The lowest BCUT2D eigenvalue weighted by molar-refractivity contribution is 0.253. The Labute approximate surface area is 57.2 Å². The van der Waals surface area contributed by atoms with Gasteiger partial charge in [0, 0.05) is 0 Å². The Morgan fingerprint density at radius 1 is 1.44 bits per heavy atom. The zero-order valence-corrected chi connectivity index (χ0v) is 7.39. The summed E-state index contributed by atoms with van der Waals surface area (Å²) in [7, 11) is -1.27. The molecule has 0 fully saturated rings. The van der Waals surface area contributed by atoms with E-state index >= 15 is 0 Å². The molecule has 53 valence electrons. The average molecular weight is 145 g/mol. The average Bonchev–Trinajstić information content (AvgIpc) is 1.64. The standard InChI is InChI=1S/C6H13O2Si/c1-6(8-5-7)9(2,3)4/h6H,1-4H3/t6-/m0/s1. The first-order valence-electron chi connectivity index (χ1n) is 3.01. The highest BCUT2D eigenvalue weighted by molar-refractivity contribution is 6.77. The molecule has 0 spiro atoms. The molecule has 3 heteroatoms. The van der Waals surface area contributed by atoms with E-state index in [-0.39, 0.29) is 5.73 Å². The molecule has 2 nitrogen and oxygen atoms in total. The monoisotopic (exact) mass is 145 g/mol. The van der Waals surface area contributed by atoms with Crippen LogP contribution in [0.1, 0.15) is 6.92 Å². The molecule has 0 bridgehead atoms. The maximum atomic E-state index is 9.74. The molecule has 0 saturated heterocycles. The molecule has 0 aliphatic rings. The third-order valence-corrected chi connectivity index (χ3v) is 4.00. The molecule has 1 radical (unpaired) electrons. The van der Waals surface area contributed by atoms with E-state index in [9.17, 15) is 4.79 Å². The second-order valence-corrected chi connectivity index (χ2v) is 8.75. The van der Waals surface area contributed by atoms with Gasteiger partial charge in [0.2, 0.25) is 0 Å². The normalized spacial score (nSPS) is 14.7. The van der Waals surface area contributed by atoms with Gasteiger partial charge >= 0.3 is 6.47 Å². The fourth-order valence-corrected chi connectivity index (χ4v) is 0.651. The van der Waals surface area contributed by atoms with Crippen molar-refractivity contribution in [1.29, 1.82) is 0 Å². The Morgan fingerprint density at radius 2 is 1.89 bits per heavy atom. The number of ether oxygens (including phenoxy) is 1. The fraction of sp³-hybridized carbons (Fsp3) is 0.833. The molecule has 9 heavy (non-hydrogen) atoms. The van der Waals surface area contributed by atoms with E-state index in [0.29, 0.717) is 0 Å². The van der Waals surface area contributed by atoms with Gasteiger partial charge in [0.1, 0.15) is 0 Å². The summed E-state index contributed by atoms with van der Waals surface area (Å²) in [5.74, 6) is 0. The Morgan fingerprint density at radius 3 is 2.00 bits per heavy atom. The lowest BCUT2D eigenvalue weighted by Crippen LogP contribution is -2.37. The smallest absolute Gasteiger partial charge is 0.417 e. The molecule has 1 atom stereocenters. The van der Waals surface area contributed by atoms with E-state index in [0.717, 1.165) is 0 Å². The summed E-state index contributed by atoms with van der Waals surface area (Å²) < 4.78 is 4.66. The molecule has 0 aliphatic heterocycles. The molecule has 0 aromatic carbocycles. The SMILES string of the molecule is C[C@@H](O[C]=O)[Si](C)(C)C. The van der Waals surface area contributed by atoms with Gasteiger partial charge in [0.05, 0.1) is 13.8 Å². The van der Waals surface area contributed by atoms with Gasteiger partial charge in [-0.15, -0.1) is 0 Å². The van der Waals surface area contributed by atoms with Crippen molar-refractivity contribution in [2.45, 2.75) is 32.3 Å². The van der Waals surface area contributed by atoms with Crippen LogP contribution < -0.4 is 0 Å². The Bertz CT molecular complexity index is 95.7. The summed E-state index contributed by atoms with van der Waals surface area (Å²) in [6.07, 6.45) is 0. The van der Waals surface area contributed by atoms with Crippen LogP contribution >= 0.6 is 0 Å². The first-order valence-corrected chi connectivity index (χ1v) is 6.59. The van der Waals surface area contributed by atoms with Crippen molar-refractivity contribution in [1.82, 2.24) is 0 Å². The van der Waals surface area contributed by atoms with Crippen LogP contribution in [0.4, 0.5) is 0 Å². The summed E-state index contributed by atoms with van der Waals surface area (Å²) in [5.41, 5.74) is 0.0787. The highest BCUT2D eigenvalue weighted by Gasteiger charge is 2.23. The van der Waals surface area contributed by atoms with Crippen LogP contribution in [0.3, 0.4) is 0 Å². The Hall–Kier alpha value is -0.313. The minimum Gasteiger partial charge on any atom is -0.458 e. The molecule has 0 heterocycles. The van der Waals surface area contributed by atoms with Gasteiger partial charge in [0.15, 0.2) is 0 Å². The molecule has 0 aliphatic carbocycles. The van der Waals surface area contributed by atoms with Gasteiger partial charge in [-0.05, 0) is 6.92 Å². The molecule has 0 rings (SSSR count). The largest absolute Gasteiger partial charge is 0.458 e. The van der Waals surface area contributed by atoms with Gasteiger partial charge in [0.25, 0.3) is 0 Å². The van der Waals surface area contributed by atoms with Gasteiger partial charge in [-0.25, -0.2) is 4.79 Å². The topological polar surface area (TPSA) is 26.3 Å². The predicted octanol–water partition coefficient (Wildman–Crippen LogP) is 1.34. The minimum atomic E-state index is -1.27. The first-order chi connectivity index (χ1) is 3.98. The van der Waals surface area contributed by atoms with E-state index in [1.807, 2.05) is 6.92 Å². The zero-order valence-electron chi connectivity index (χ0n) is 6.39. The van der Waals surface area contributed by atoms with E-state index in [2.05, 4.69) is 24.4 Å². The molecule has 0 N–H and O–H groups in total. The Kier molecular flexibility index (Phi) is 2.90. The molecular weight excluding hydrogens is 132 g/mol. The molecule has 0 amide bonds. The molecular formula is C6H13O2Si. The van der Waals surface area contributed by atoms with Crippen molar-refractivity contribution >= 4 is 14.5 Å². The van der Waals surface area contributed by atoms with Crippen molar-refractivity contribution in [2.75, 3.05) is 0 Å². The quantitative estimate of drug-likeness (QED) is 0.560. The minimum absolute atomic E-state index is 0.0787. The predicted molar refractivity (Wildman–Crippen MR) is 39.6 cm³/mol. The van der Waals surface area contributed by atoms with Crippen molar-refractivity contribution < 1.29 is 9.53 Å². The second kappa shape index (κ2) is 3.01. The van der Waals surface area contributed by atoms with Gasteiger partial charge in [-0.3, -0.25) is 0 Å². The summed E-state index contributed by atoms with van der Waals surface area (Å²) in [6.45, 7) is 9.82. The lowest BCUT2D eigenvalue weighted by Gasteiger charge is -2.21. The van der Waals surface area contributed by atoms with Crippen molar-refractivity contribution in [3.8, 4) is 0 Å². The summed E-state index contributed by atoms with van der Waals surface area (Å²) in [5, 5.41) is 0. The second-order valence-electron chi connectivity index (χ2n) is 3.21. The maximum Gasteiger partial charge on any atom is 0.417 e. The van der Waals surface area contributed by atoms with Crippen LogP contribution in [0.25, 0.3) is 0 Å². The number of hydrogen-bond acceptors (Lipinski definition) is 2. The maximum absolute atomic E-state index is 9.74. The van der Waals surface area contributed by atoms with Crippen molar-refractivity contribution in [3.05, 3.63) is 0 Å². The van der Waals surface area contributed by atoms with Crippen LogP contribution in [-0.4, -0.2) is 20.3 Å². The van der Waals surface area contributed by atoms with Crippen molar-refractivity contribution in [2.24, 2.45) is 0 Å². The zero-order chi connectivity index (χ0) is 7.49. The van der Waals surface area contributed by atoms with Gasteiger partial charge < -0.3 is 4.74 Å². The first kappa shape index (κ1) is 8.69. The van der Waals surface area contributed by atoms with Crippen molar-refractivity contribution in [3.63, 3.8) is 0 Å². The summed E-state index contributed by atoms with van der Waals surface area (Å²) >= 11 is 0. The third-order valence-electron chi connectivity index (χ3n) is 1.44. The van der Waals surface area contributed by atoms with Crippen LogP contribution in [0.2, 0.25) is 19.6 Å². The number of carbonyl (C=O) groups excluding carboxylic acids is 1. The van der Waals surface area contributed by atoms with E-state index in [4.69, 9.17) is 0 Å². The molecule has 0 saturated carbocycles. The Balaban J connectivity index is 3.72. The molecule has 0 aromatic heterocycles. The lowest BCUT2D eigenvalue weighted by atomic mass is 10.8. The van der Waals surface area contributed by atoms with Crippen LogP contribution in [0, 0.1) is 0 Å². The number of hydrogen-bond donors (Lipinski definition) is 0. The molecule has 0 unspecified atom stereocenters. The van der Waals surface area contributed by atoms with Gasteiger partial charge in [-0.2, -0.15) is 0 Å². The van der Waals surface area contributed by atoms with E-state index in [1.165, 1.54) is 6.47 Å². The number of rotatable bonds is 3. The highest BCUT2D eigenvalue weighted by atomic mass is 28.3. The van der Waals surface area contributed by atoms with Crippen LogP contribution in [0.15, 0.2) is 0 Å². The summed E-state index contributed by atoms with van der Waals surface area (Å²) in [4.78, 5) is 9.74. The van der Waals surface area contributed by atoms with E-state index in [1.54, 1.807) is 0 Å². The fourth-order valence-electron chi connectivity index (χ4n) is 0.249. The van der Waals surface area contributed by atoms with Crippen LogP contribution in [-0.2, 0) is 9.53 Å². The van der Waals surface area contributed by atoms with E-state index < -0.39 is 8.07 Å². The third kappa shape index (κ3) is 3.29. The van der Waals surface area contributed by atoms with Crippen LogP contribution in [0.5, 0.6) is 0 Å². The highest BCUT2D eigenvalue weighted by Crippen LogP contribution is 2.08. The van der Waals surface area contributed by atoms with Gasteiger partial charge in [-0.1, -0.05) is 19.6 Å². The summed E-state index contributed by atoms with van der Waals surface area (Å²) in [6, 6.07) is 0.